The van der Waals surface area contributed by atoms with Gasteiger partial charge in [-0.05, 0) is 50.8 Å². The molecule has 12 heteroatoms. The van der Waals surface area contributed by atoms with Gasteiger partial charge in [0.05, 0.1) is 23.5 Å². The van der Waals surface area contributed by atoms with Crippen LogP contribution in [0, 0.1) is 12.7 Å². The third-order valence-electron chi connectivity index (χ3n) is 7.36. The molecule has 2 fully saturated rings. The lowest BCUT2D eigenvalue weighted by atomic mass is 9.80. The van der Waals surface area contributed by atoms with Crippen LogP contribution in [0.1, 0.15) is 67.6 Å². The summed E-state index contributed by atoms with van der Waals surface area (Å²) in [7, 11) is 0. The number of hydrogen-bond donors (Lipinski definition) is 4. The zero-order valence-corrected chi connectivity index (χ0v) is 22.7. The summed E-state index contributed by atoms with van der Waals surface area (Å²) < 4.78 is 19.0. The van der Waals surface area contributed by atoms with Crippen molar-refractivity contribution in [3.05, 3.63) is 41.5 Å². The Kier molecular flexibility index (Phi) is 9.45. The van der Waals surface area contributed by atoms with E-state index in [4.69, 9.17) is 16.1 Å². The SMILES string of the molecule is Cc1cc(C(=O)NC2(C(=O)NC3CCN(c4ccc(F)cc4NC(=O)CCCCl)CC3O)CCCCC2)no1. The normalized spacial score (nSPS) is 20.8. The molecule has 10 nitrogen and oxygen atoms in total. The average Bonchev–Trinajstić information content (AvgIpc) is 3.35. The second kappa shape index (κ2) is 12.8. The number of amides is 3. The molecule has 2 heterocycles. The van der Waals surface area contributed by atoms with Crippen LogP contribution in [0.2, 0.25) is 0 Å². The Hall–Kier alpha value is -3.18. The van der Waals surface area contributed by atoms with Crippen LogP contribution in [-0.2, 0) is 9.59 Å². The molecular formula is C27H35ClFN5O5. The summed E-state index contributed by atoms with van der Waals surface area (Å²) in [6.07, 6.45) is 3.72. The van der Waals surface area contributed by atoms with Crippen LogP contribution in [0.4, 0.5) is 15.8 Å². The molecule has 2 aliphatic rings. The third kappa shape index (κ3) is 7.07. The molecule has 0 radical (unpaired) electrons. The number of hydrogen-bond acceptors (Lipinski definition) is 7. The number of piperidine rings is 1. The number of alkyl halides is 1. The van der Waals surface area contributed by atoms with Gasteiger partial charge in [0.25, 0.3) is 5.91 Å². The minimum Gasteiger partial charge on any atom is -0.389 e. The molecule has 2 aromatic rings. The molecule has 1 aromatic heterocycles. The molecule has 1 aromatic carbocycles. The Labute approximate surface area is 231 Å². The van der Waals surface area contributed by atoms with Crippen LogP contribution >= 0.6 is 11.6 Å². The molecule has 0 bridgehead atoms. The van der Waals surface area contributed by atoms with E-state index in [9.17, 15) is 23.9 Å². The van der Waals surface area contributed by atoms with Gasteiger partial charge in [0.2, 0.25) is 11.8 Å². The van der Waals surface area contributed by atoms with Gasteiger partial charge in [0.1, 0.15) is 17.1 Å². The summed E-state index contributed by atoms with van der Waals surface area (Å²) in [6.45, 7) is 2.31. The van der Waals surface area contributed by atoms with Crippen LogP contribution in [0.25, 0.3) is 0 Å². The molecule has 2 atom stereocenters. The highest BCUT2D eigenvalue weighted by atomic mass is 35.5. The smallest absolute Gasteiger partial charge is 0.274 e. The average molecular weight is 564 g/mol. The summed E-state index contributed by atoms with van der Waals surface area (Å²) in [5.74, 6) is -0.727. The largest absolute Gasteiger partial charge is 0.389 e. The molecule has 39 heavy (non-hydrogen) atoms. The van der Waals surface area contributed by atoms with Crippen molar-refractivity contribution in [2.75, 3.05) is 29.2 Å². The first-order valence-corrected chi connectivity index (χ1v) is 13.9. The highest BCUT2D eigenvalue weighted by Gasteiger charge is 2.43. The van der Waals surface area contributed by atoms with Crippen molar-refractivity contribution in [2.24, 2.45) is 0 Å². The lowest BCUT2D eigenvalue weighted by molar-refractivity contribution is -0.130. The number of nitrogens with one attached hydrogen (secondary N) is 3. The van der Waals surface area contributed by atoms with E-state index < -0.39 is 29.4 Å². The summed E-state index contributed by atoms with van der Waals surface area (Å²) in [4.78, 5) is 40.5. The van der Waals surface area contributed by atoms with Crippen LogP contribution in [0.5, 0.6) is 0 Å². The fraction of sp³-hybridized carbons (Fsp3) is 0.556. The van der Waals surface area contributed by atoms with Crippen molar-refractivity contribution in [3.8, 4) is 0 Å². The van der Waals surface area contributed by atoms with Gasteiger partial charge in [0.15, 0.2) is 5.69 Å². The van der Waals surface area contributed by atoms with Gasteiger partial charge >= 0.3 is 0 Å². The maximum absolute atomic E-state index is 14.0. The monoisotopic (exact) mass is 563 g/mol. The Morgan fingerprint density at radius 2 is 2.00 bits per heavy atom. The maximum atomic E-state index is 14.0. The number of aryl methyl sites for hydroxylation is 1. The number of halogens is 2. The van der Waals surface area contributed by atoms with Crippen molar-refractivity contribution in [3.63, 3.8) is 0 Å². The van der Waals surface area contributed by atoms with Crippen molar-refractivity contribution in [1.82, 2.24) is 15.8 Å². The molecule has 4 rings (SSSR count). The van der Waals surface area contributed by atoms with Crippen LogP contribution < -0.4 is 20.9 Å². The number of rotatable bonds is 9. The lowest BCUT2D eigenvalue weighted by Crippen LogP contribution is -2.64. The Balaban J connectivity index is 1.42. The molecule has 3 amide bonds. The fourth-order valence-corrected chi connectivity index (χ4v) is 5.40. The number of nitrogens with zero attached hydrogens (tertiary/aromatic N) is 2. The van der Waals surface area contributed by atoms with Gasteiger partial charge in [-0.15, -0.1) is 11.6 Å². The zero-order chi connectivity index (χ0) is 28.0. The number of carbonyl (C=O) groups excluding carboxylic acids is 3. The van der Waals surface area contributed by atoms with E-state index >= 15 is 0 Å². The number of anilines is 2. The number of benzene rings is 1. The van der Waals surface area contributed by atoms with Crippen molar-refractivity contribution < 1.29 is 28.4 Å². The summed E-state index contributed by atoms with van der Waals surface area (Å²) in [5.41, 5.74) is -0.0886. The number of aliphatic hydroxyl groups is 1. The first-order chi connectivity index (χ1) is 18.7. The summed E-state index contributed by atoms with van der Waals surface area (Å²) >= 11 is 5.67. The molecular weight excluding hydrogens is 529 g/mol. The van der Waals surface area contributed by atoms with Crippen molar-refractivity contribution >= 4 is 40.7 Å². The summed E-state index contributed by atoms with van der Waals surface area (Å²) in [6, 6.07) is 5.10. The number of aromatic nitrogens is 1. The van der Waals surface area contributed by atoms with E-state index in [1.807, 2.05) is 4.90 Å². The Morgan fingerprint density at radius 3 is 2.67 bits per heavy atom. The lowest BCUT2D eigenvalue weighted by Gasteiger charge is -2.41. The minimum atomic E-state index is -1.10. The highest BCUT2D eigenvalue weighted by Crippen LogP contribution is 2.32. The topological polar surface area (TPSA) is 137 Å². The molecule has 1 aliphatic heterocycles. The fourth-order valence-electron chi connectivity index (χ4n) is 5.27. The molecule has 1 saturated heterocycles. The zero-order valence-electron chi connectivity index (χ0n) is 22.0. The Bertz CT molecular complexity index is 1190. The molecule has 2 unspecified atom stereocenters. The van der Waals surface area contributed by atoms with Crippen LogP contribution in [0.3, 0.4) is 0 Å². The van der Waals surface area contributed by atoms with E-state index in [-0.39, 0.29) is 30.5 Å². The van der Waals surface area contributed by atoms with E-state index in [1.165, 1.54) is 18.2 Å². The standard InChI is InChI=1S/C27H35ClFN5O5/c1-17-14-21(33-39-17)25(37)32-27(10-3-2-4-11-27)26(38)31-19-9-13-34(16-23(19)35)22-8-7-18(29)15-20(22)30-24(36)6-5-12-28/h7-8,14-15,19,23,35H,2-6,9-13,16H2,1H3,(H,30,36)(H,31,38)(H,32,37). The predicted octanol–water partition coefficient (Wildman–Crippen LogP) is 3.27. The number of carbonyl (C=O) groups is 3. The van der Waals surface area contributed by atoms with Crippen LogP contribution in [0.15, 0.2) is 28.8 Å². The quantitative estimate of drug-likeness (QED) is 0.344. The van der Waals surface area contributed by atoms with E-state index in [2.05, 4.69) is 21.1 Å². The third-order valence-corrected chi connectivity index (χ3v) is 7.63. The van der Waals surface area contributed by atoms with Gasteiger partial charge < -0.3 is 30.5 Å². The van der Waals surface area contributed by atoms with Gasteiger partial charge in [-0.2, -0.15) is 0 Å². The molecule has 1 saturated carbocycles. The highest BCUT2D eigenvalue weighted by molar-refractivity contribution is 6.18. The Morgan fingerprint density at radius 1 is 1.23 bits per heavy atom. The number of β-amino-alcohol motifs (C(OH)–C–C–N with tert-alkyl or cyclic N) is 1. The van der Waals surface area contributed by atoms with E-state index in [0.717, 1.165) is 19.3 Å². The predicted molar refractivity (Wildman–Crippen MR) is 144 cm³/mol. The van der Waals surface area contributed by atoms with Crippen molar-refractivity contribution in [1.29, 1.82) is 0 Å². The van der Waals surface area contributed by atoms with Gasteiger partial charge in [-0.1, -0.05) is 24.4 Å². The molecule has 4 N–H and O–H groups in total. The van der Waals surface area contributed by atoms with E-state index in [0.29, 0.717) is 55.2 Å². The minimum absolute atomic E-state index is 0.114. The maximum Gasteiger partial charge on any atom is 0.274 e. The number of aliphatic hydroxyl groups excluding tert-OH is 1. The van der Waals surface area contributed by atoms with Gasteiger partial charge in [-0.25, -0.2) is 4.39 Å². The second-order valence-corrected chi connectivity index (χ2v) is 10.7. The van der Waals surface area contributed by atoms with Gasteiger partial charge in [-0.3, -0.25) is 14.4 Å². The first-order valence-electron chi connectivity index (χ1n) is 13.4. The van der Waals surface area contributed by atoms with E-state index in [1.54, 1.807) is 13.0 Å². The van der Waals surface area contributed by atoms with Gasteiger partial charge in [0, 0.05) is 31.5 Å². The van der Waals surface area contributed by atoms with Crippen LogP contribution in [-0.4, -0.2) is 64.6 Å². The molecule has 212 valence electrons. The molecule has 0 spiro atoms. The molecule has 1 aliphatic carbocycles. The second-order valence-electron chi connectivity index (χ2n) is 10.3. The first kappa shape index (κ1) is 28.8. The summed E-state index contributed by atoms with van der Waals surface area (Å²) in [5, 5.41) is 23.4. The van der Waals surface area contributed by atoms with Crippen molar-refractivity contribution in [2.45, 2.75) is 76.0 Å².